The first-order valence-corrected chi connectivity index (χ1v) is 11.0. The first-order valence-electron chi connectivity index (χ1n) is 7.06. The van der Waals surface area contributed by atoms with E-state index < -0.39 is 25.9 Å². The number of halogens is 1. The highest BCUT2D eigenvalue weighted by Gasteiger charge is 2.35. The highest BCUT2D eigenvalue weighted by Crippen LogP contribution is 2.29. The van der Waals surface area contributed by atoms with Gasteiger partial charge in [-0.3, -0.25) is 4.31 Å². The highest BCUT2D eigenvalue weighted by molar-refractivity contribution is 9.10. The van der Waals surface area contributed by atoms with Crippen molar-refractivity contribution in [2.75, 3.05) is 10.1 Å². The predicted octanol–water partition coefficient (Wildman–Crippen LogP) is 2.96. The fraction of sp³-hybridized carbons (Fsp3) is 0.125. The van der Waals surface area contributed by atoms with E-state index >= 15 is 0 Å². The van der Waals surface area contributed by atoms with Crippen LogP contribution in [0.25, 0.3) is 0 Å². The first kappa shape index (κ1) is 17.2. The van der Waals surface area contributed by atoms with Crippen molar-refractivity contribution in [1.82, 2.24) is 0 Å². The Bertz CT molecular complexity index is 968. The van der Waals surface area contributed by atoms with Gasteiger partial charge in [0.2, 0.25) is 0 Å². The van der Waals surface area contributed by atoms with Crippen LogP contribution in [0.2, 0.25) is 0 Å². The molecule has 0 aliphatic carbocycles. The van der Waals surface area contributed by atoms with E-state index in [0.29, 0.717) is 5.69 Å². The minimum absolute atomic E-state index is 0.104. The van der Waals surface area contributed by atoms with E-state index in [1.807, 2.05) is 0 Å². The van der Waals surface area contributed by atoms with Crippen LogP contribution in [-0.2, 0) is 19.9 Å². The molecule has 0 spiro atoms. The summed E-state index contributed by atoms with van der Waals surface area (Å²) >= 11 is 3.28. The summed E-state index contributed by atoms with van der Waals surface area (Å²) in [6.45, 7) is 0. The fourth-order valence-corrected chi connectivity index (χ4v) is 5.74. The van der Waals surface area contributed by atoms with Crippen molar-refractivity contribution < 1.29 is 16.8 Å². The van der Waals surface area contributed by atoms with E-state index in [2.05, 4.69) is 15.9 Å². The van der Waals surface area contributed by atoms with Crippen LogP contribution < -0.4 is 4.31 Å². The van der Waals surface area contributed by atoms with Crippen LogP contribution in [0.3, 0.4) is 0 Å². The van der Waals surface area contributed by atoms with Gasteiger partial charge in [0.1, 0.15) is 0 Å². The maximum absolute atomic E-state index is 13.1. The number of nitrogens with zero attached hydrogens (tertiary/aromatic N) is 1. The van der Waals surface area contributed by atoms with Gasteiger partial charge in [-0.2, -0.15) is 0 Å². The third kappa shape index (κ3) is 3.40. The molecule has 0 aromatic heterocycles. The quantitative estimate of drug-likeness (QED) is 0.751. The topological polar surface area (TPSA) is 71.5 Å². The number of para-hydroxylation sites is 1. The molecule has 0 N–H and O–H groups in total. The average Bonchev–Trinajstić information content (AvgIpc) is 2.88. The second-order valence-electron chi connectivity index (χ2n) is 5.32. The maximum Gasteiger partial charge on any atom is 0.264 e. The van der Waals surface area contributed by atoms with Gasteiger partial charge in [-0.15, -0.1) is 0 Å². The lowest BCUT2D eigenvalue weighted by atomic mass is 10.2. The summed E-state index contributed by atoms with van der Waals surface area (Å²) in [5.74, 6) is -0.266. The van der Waals surface area contributed by atoms with Gasteiger partial charge in [0.05, 0.1) is 22.4 Å². The summed E-state index contributed by atoms with van der Waals surface area (Å²) in [7, 11) is -7.30. The van der Waals surface area contributed by atoms with Crippen LogP contribution in [0.5, 0.6) is 0 Å². The van der Waals surface area contributed by atoms with Gasteiger partial charge in [-0.25, -0.2) is 16.8 Å². The number of rotatable bonds is 4. The maximum atomic E-state index is 13.1. The van der Waals surface area contributed by atoms with Crippen molar-refractivity contribution in [1.29, 1.82) is 0 Å². The summed E-state index contributed by atoms with van der Waals surface area (Å²) in [6.07, 6.45) is 1.42. The molecule has 126 valence electrons. The van der Waals surface area contributed by atoms with Gasteiger partial charge in [-0.05, 0) is 42.5 Å². The third-order valence-corrected chi connectivity index (χ3v) is 7.37. The lowest BCUT2D eigenvalue weighted by Gasteiger charge is -2.29. The molecule has 0 bridgehead atoms. The van der Waals surface area contributed by atoms with Gasteiger partial charge >= 0.3 is 0 Å². The molecule has 1 atom stereocenters. The molecule has 3 rings (SSSR count). The highest BCUT2D eigenvalue weighted by atomic mass is 79.9. The first-order chi connectivity index (χ1) is 11.3. The van der Waals surface area contributed by atoms with E-state index in [1.165, 1.54) is 18.2 Å². The summed E-state index contributed by atoms with van der Waals surface area (Å²) in [5, 5.41) is 1.07. The van der Waals surface area contributed by atoms with Crippen LogP contribution in [0.15, 0.2) is 75.4 Å². The molecular formula is C16H14BrNO4S2. The molecule has 0 radical (unpaired) electrons. The zero-order valence-corrected chi connectivity index (χ0v) is 15.6. The van der Waals surface area contributed by atoms with Crippen LogP contribution in [0.1, 0.15) is 0 Å². The lowest BCUT2D eigenvalue weighted by Crippen LogP contribution is -2.41. The van der Waals surface area contributed by atoms with Crippen molar-refractivity contribution in [3.05, 3.63) is 70.6 Å². The number of hydrogen-bond acceptors (Lipinski definition) is 4. The molecule has 1 aliphatic heterocycles. The normalized spacial score (nSPS) is 19.3. The van der Waals surface area contributed by atoms with Gasteiger partial charge < -0.3 is 0 Å². The van der Waals surface area contributed by atoms with Gasteiger partial charge in [-0.1, -0.05) is 34.1 Å². The van der Waals surface area contributed by atoms with E-state index in [4.69, 9.17) is 0 Å². The van der Waals surface area contributed by atoms with Crippen LogP contribution >= 0.6 is 15.9 Å². The fourth-order valence-electron chi connectivity index (χ4n) is 2.51. The number of anilines is 1. The SMILES string of the molecule is O=S1(=O)C=C[C@@H](N(c2ccccc2)S(=O)(=O)c2ccc(Br)cc2)C1. The molecule has 24 heavy (non-hydrogen) atoms. The summed E-state index contributed by atoms with van der Waals surface area (Å²) < 4.78 is 51.7. The Morgan fingerprint density at radius 3 is 2.17 bits per heavy atom. The second kappa shape index (κ2) is 6.34. The zero-order chi connectivity index (χ0) is 17.4. The summed E-state index contributed by atoms with van der Waals surface area (Å²) in [6, 6.07) is 14.0. The molecule has 2 aromatic carbocycles. The van der Waals surface area contributed by atoms with E-state index in [0.717, 1.165) is 14.2 Å². The smallest absolute Gasteiger partial charge is 0.258 e. The number of hydrogen-bond donors (Lipinski definition) is 0. The second-order valence-corrected chi connectivity index (χ2v) is 9.98. The van der Waals surface area contributed by atoms with Crippen LogP contribution in [0, 0.1) is 0 Å². The van der Waals surface area contributed by atoms with Crippen LogP contribution in [0.4, 0.5) is 5.69 Å². The Labute approximate surface area is 149 Å². The standard InChI is InChI=1S/C16H14BrNO4S2/c17-13-6-8-16(9-7-13)24(21,22)18(14-4-2-1-3-5-14)15-10-11-23(19,20)12-15/h1-11,15H,12H2/t15-/m1/s1. The lowest BCUT2D eigenvalue weighted by molar-refractivity contribution is 0.586. The molecule has 8 heteroatoms. The number of benzene rings is 2. The third-order valence-electron chi connectivity index (χ3n) is 3.59. The van der Waals surface area contributed by atoms with Gasteiger partial charge in [0.25, 0.3) is 10.0 Å². The molecule has 0 fully saturated rings. The van der Waals surface area contributed by atoms with Gasteiger partial charge in [0.15, 0.2) is 9.84 Å². The largest absolute Gasteiger partial charge is 0.264 e. The molecular weight excluding hydrogens is 414 g/mol. The van der Waals surface area contributed by atoms with E-state index in [9.17, 15) is 16.8 Å². The minimum atomic E-state index is -3.91. The van der Waals surface area contributed by atoms with Crippen LogP contribution in [-0.4, -0.2) is 28.6 Å². The van der Waals surface area contributed by atoms with E-state index in [-0.39, 0.29) is 10.6 Å². The molecule has 1 aliphatic rings. The van der Waals surface area contributed by atoms with Gasteiger partial charge in [0, 0.05) is 9.88 Å². The zero-order valence-electron chi connectivity index (χ0n) is 12.4. The molecule has 5 nitrogen and oxygen atoms in total. The van der Waals surface area contributed by atoms with Crippen molar-refractivity contribution in [2.45, 2.75) is 10.9 Å². The molecule has 2 aromatic rings. The Balaban J connectivity index is 2.11. The Morgan fingerprint density at radius 1 is 1.00 bits per heavy atom. The molecule has 0 saturated carbocycles. The summed E-state index contributed by atoms with van der Waals surface area (Å²) in [4.78, 5) is 0.104. The minimum Gasteiger partial charge on any atom is -0.258 e. The average molecular weight is 428 g/mol. The Morgan fingerprint density at radius 2 is 1.62 bits per heavy atom. The van der Waals surface area contributed by atoms with E-state index in [1.54, 1.807) is 42.5 Å². The predicted molar refractivity (Wildman–Crippen MR) is 97.0 cm³/mol. The molecule has 0 unspecified atom stereocenters. The molecule has 1 heterocycles. The van der Waals surface area contributed by atoms with Crippen molar-refractivity contribution in [3.63, 3.8) is 0 Å². The number of sulfonamides is 1. The monoisotopic (exact) mass is 427 g/mol. The van der Waals surface area contributed by atoms with Crippen molar-refractivity contribution in [3.8, 4) is 0 Å². The van der Waals surface area contributed by atoms with Crippen molar-refractivity contribution in [2.24, 2.45) is 0 Å². The Kier molecular flexibility index (Phi) is 4.54. The molecule has 0 saturated heterocycles. The number of sulfone groups is 1. The molecule has 0 amide bonds. The summed E-state index contributed by atoms with van der Waals surface area (Å²) in [5.41, 5.74) is 0.423. The Hall–Kier alpha value is -1.64. The van der Waals surface area contributed by atoms with Crippen molar-refractivity contribution >= 4 is 41.5 Å².